The summed E-state index contributed by atoms with van der Waals surface area (Å²) in [6.45, 7) is 5.32. The zero-order valence-corrected chi connectivity index (χ0v) is 18.2. The first-order valence-corrected chi connectivity index (χ1v) is 11.5. The molecule has 6 heteroatoms. The van der Waals surface area contributed by atoms with Gasteiger partial charge in [0.2, 0.25) is 5.91 Å². The Morgan fingerprint density at radius 3 is 2.45 bits per heavy atom. The van der Waals surface area contributed by atoms with E-state index in [-0.39, 0.29) is 31.0 Å². The van der Waals surface area contributed by atoms with E-state index in [0.29, 0.717) is 0 Å². The van der Waals surface area contributed by atoms with Crippen LogP contribution in [0.1, 0.15) is 24.8 Å². The number of rotatable bonds is 8. The number of benzene rings is 2. The Morgan fingerprint density at radius 2 is 1.74 bits per heavy atom. The number of hydrogen-bond donors (Lipinski definition) is 3. The van der Waals surface area contributed by atoms with E-state index in [2.05, 4.69) is 56.8 Å². The maximum atomic E-state index is 12.4. The first-order chi connectivity index (χ1) is 15.2. The number of aliphatic hydroxyl groups is 1. The van der Waals surface area contributed by atoms with Crippen LogP contribution in [0, 0.1) is 5.92 Å². The van der Waals surface area contributed by atoms with Crippen LogP contribution in [0.15, 0.2) is 54.6 Å². The van der Waals surface area contributed by atoms with Gasteiger partial charge in [-0.25, -0.2) is 0 Å². The van der Waals surface area contributed by atoms with Crippen LogP contribution in [-0.4, -0.2) is 61.3 Å². The Hall–Kier alpha value is -2.41. The highest BCUT2D eigenvalue weighted by molar-refractivity contribution is 5.92. The van der Waals surface area contributed by atoms with E-state index in [1.165, 1.54) is 24.1 Å². The van der Waals surface area contributed by atoms with Crippen LogP contribution >= 0.6 is 0 Å². The minimum absolute atomic E-state index is 0.0441. The Bertz CT molecular complexity index is 821. The highest BCUT2D eigenvalue weighted by Crippen LogP contribution is 2.22. The van der Waals surface area contributed by atoms with Crippen LogP contribution in [0.2, 0.25) is 0 Å². The molecule has 0 bridgehead atoms. The summed E-state index contributed by atoms with van der Waals surface area (Å²) < 4.78 is 0. The molecule has 0 aromatic heterocycles. The van der Waals surface area contributed by atoms with Crippen LogP contribution in [0.4, 0.5) is 11.4 Å². The second kappa shape index (κ2) is 10.8. The molecule has 31 heavy (non-hydrogen) atoms. The topological polar surface area (TPSA) is 67.8 Å². The van der Waals surface area contributed by atoms with Crippen molar-refractivity contribution in [2.24, 2.45) is 5.92 Å². The standard InChI is InChI=1S/C25H34N4O2/c30-19-21-18-28(17-20-6-2-1-3-7-20)15-12-24(21)26-16-25(31)27-22-8-10-23(11-9-22)29-13-4-5-14-29/h1-3,6-11,21,24,26,30H,4-5,12-19H2,(H,27,31)/t21-,24+/m1/s1. The molecule has 4 rings (SSSR count). The van der Waals surface area contributed by atoms with Gasteiger partial charge in [-0.1, -0.05) is 30.3 Å². The Labute approximate surface area is 185 Å². The van der Waals surface area contributed by atoms with Crippen molar-refractivity contribution in [2.45, 2.75) is 31.8 Å². The van der Waals surface area contributed by atoms with Crippen LogP contribution < -0.4 is 15.5 Å². The molecule has 0 saturated carbocycles. The summed E-state index contributed by atoms with van der Waals surface area (Å²) in [7, 11) is 0. The minimum Gasteiger partial charge on any atom is -0.396 e. The fraction of sp³-hybridized carbons (Fsp3) is 0.480. The number of hydrogen-bond acceptors (Lipinski definition) is 5. The monoisotopic (exact) mass is 422 g/mol. The molecule has 2 atom stereocenters. The lowest BCUT2D eigenvalue weighted by atomic mass is 9.92. The molecular weight excluding hydrogens is 388 g/mol. The van der Waals surface area contributed by atoms with E-state index in [9.17, 15) is 9.90 Å². The van der Waals surface area contributed by atoms with Crippen molar-refractivity contribution < 1.29 is 9.90 Å². The number of nitrogens with zero attached hydrogens (tertiary/aromatic N) is 2. The molecule has 6 nitrogen and oxygen atoms in total. The molecular formula is C25H34N4O2. The number of piperidine rings is 1. The number of nitrogens with one attached hydrogen (secondary N) is 2. The predicted molar refractivity (Wildman–Crippen MR) is 125 cm³/mol. The van der Waals surface area contributed by atoms with Gasteiger partial charge in [0.05, 0.1) is 6.54 Å². The third kappa shape index (κ3) is 6.06. The first-order valence-electron chi connectivity index (χ1n) is 11.5. The number of carbonyl (C=O) groups is 1. The number of amides is 1. The fourth-order valence-electron chi connectivity index (χ4n) is 4.71. The van der Waals surface area contributed by atoms with Gasteiger partial charge >= 0.3 is 0 Å². The first kappa shape index (κ1) is 21.8. The second-order valence-electron chi connectivity index (χ2n) is 8.73. The van der Waals surface area contributed by atoms with Gasteiger partial charge in [0.25, 0.3) is 0 Å². The summed E-state index contributed by atoms with van der Waals surface area (Å²) >= 11 is 0. The molecule has 0 radical (unpaired) electrons. The minimum atomic E-state index is -0.0441. The van der Waals surface area contributed by atoms with Gasteiger partial charge < -0.3 is 20.6 Å². The Balaban J connectivity index is 1.22. The lowest BCUT2D eigenvalue weighted by Gasteiger charge is -2.38. The van der Waals surface area contributed by atoms with Crippen molar-refractivity contribution >= 4 is 17.3 Å². The van der Waals surface area contributed by atoms with Gasteiger partial charge in [0.15, 0.2) is 0 Å². The van der Waals surface area contributed by atoms with E-state index >= 15 is 0 Å². The highest BCUT2D eigenvalue weighted by Gasteiger charge is 2.28. The number of aliphatic hydroxyl groups excluding tert-OH is 1. The summed E-state index contributed by atoms with van der Waals surface area (Å²) in [4.78, 5) is 17.2. The SMILES string of the molecule is O=C(CN[C@H]1CCN(Cc2ccccc2)C[C@@H]1CO)Nc1ccc(N2CCCC2)cc1. The normalized spacial score (nSPS) is 21.9. The molecule has 2 aromatic carbocycles. The van der Waals surface area contributed by atoms with Crippen molar-refractivity contribution in [2.75, 3.05) is 49.5 Å². The van der Waals surface area contributed by atoms with Crippen LogP contribution in [0.3, 0.4) is 0 Å². The van der Waals surface area contributed by atoms with Crippen LogP contribution in [-0.2, 0) is 11.3 Å². The smallest absolute Gasteiger partial charge is 0.238 e. The number of anilines is 2. The van der Waals surface area contributed by atoms with Gasteiger partial charge in [0, 0.05) is 56.1 Å². The molecule has 0 spiro atoms. The van der Waals surface area contributed by atoms with Crippen molar-refractivity contribution in [3.8, 4) is 0 Å². The van der Waals surface area contributed by atoms with Gasteiger partial charge in [0.1, 0.15) is 0 Å². The quantitative estimate of drug-likeness (QED) is 0.610. The third-order valence-corrected chi connectivity index (χ3v) is 6.45. The van der Waals surface area contributed by atoms with Crippen LogP contribution in [0.5, 0.6) is 0 Å². The molecule has 166 valence electrons. The molecule has 2 heterocycles. The van der Waals surface area contributed by atoms with Gasteiger partial charge in [-0.05, 0) is 55.6 Å². The van der Waals surface area contributed by atoms with Crippen molar-refractivity contribution in [1.82, 2.24) is 10.2 Å². The average molecular weight is 423 g/mol. The molecule has 2 aliphatic rings. The summed E-state index contributed by atoms with van der Waals surface area (Å²) in [5.41, 5.74) is 3.34. The maximum Gasteiger partial charge on any atom is 0.238 e. The highest BCUT2D eigenvalue weighted by atomic mass is 16.3. The van der Waals surface area contributed by atoms with Gasteiger partial charge in [-0.2, -0.15) is 0 Å². The molecule has 2 saturated heterocycles. The largest absolute Gasteiger partial charge is 0.396 e. The zero-order valence-electron chi connectivity index (χ0n) is 18.2. The summed E-state index contributed by atoms with van der Waals surface area (Å²) in [5.74, 6) is 0.0855. The molecule has 0 aliphatic carbocycles. The Morgan fingerprint density at radius 1 is 1.00 bits per heavy atom. The molecule has 2 aliphatic heterocycles. The molecule has 2 fully saturated rings. The van der Waals surface area contributed by atoms with E-state index in [0.717, 1.165) is 44.8 Å². The molecule has 2 aromatic rings. The third-order valence-electron chi connectivity index (χ3n) is 6.45. The number of carbonyl (C=O) groups excluding carboxylic acids is 1. The van der Waals surface area contributed by atoms with Gasteiger partial charge in [-0.3, -0.25) is 9.69 Å². The van der Waals surface area contributed by atoms with E-state index in [4.69, 9.17) is 0 Å². The molecule has 1 amide bonds. The van der Waals surface area contributed by atoms with Crippen molar-refractivity contribution in [1.29, 1.82) is 0 Å². The Kier molecular flexibility index (Phi) is 7.57. The zero-order chi connectivity index (χ0) is 21.5. The summed E-state index contributed by atoms with van der Waals surface area (Å²) in [6, 6.07) is 18.7. The predicted octanol–water partition coefficient (Wildman–Crippen LogP) is 2.70. The molecule has 0 unspecified atom stereocenters. The second-order valence-corrected chi connectivity index (χ2v) is 8.73. The molecule has 3 N–H and O–H groups in total. The summed E-state index contributed by atoms with van der Waals surface area (Å²) in [6.07, 6.45) is 3.43. The maximum absolute atomic E-state index is 12.4. The van der Waals surface area contributed by atoms with E-state index in [1.807, 2.05) is 18.2 Å². The average Bonchev–Trinajstić information content (AvgIpc) is 3.34. The van der Waals surface area contributed by atoms with Gasteiger partial charge in [-0.15, -0.1) is 0 Å². The van der Waals surface area contributed by atoms with Crippen molar-refractivity contribution in [3.05, 3.63) is 60.2 Å². The lowest BCUT2D eigenvalue weighted by Crippen LogP contribution is -2.51. The fourth-order valence-corrected chi connectivity index (χ4v) is 4.71. The lowest BCUT2D eigenvalue weighted by molar-refractivity contribution is -0.115. The number of likely N-dealkylation sites (tertiary alicyclic amines) is 1. The summed E-state index contributed by atoms with van der Waals surface area (Å²) in [5, 5.41) is 16.2. The van der Waals surface area contributed by atoms with Crippen molar-refractivity contribution in [3.63, 3.8) is 0 Å². The van der Waals surface area contributed by atoms with E-state index in [1.54, 1.807) is 0 Å². The van der Waals surface area contributed by atoms with E-state index < -0.39 is 0 Å². The van der Waals surface area contributed by atoms with Crippen LogP contribution in [0.25, 0.3) is 0 Å².